The molecule has 2 aliphatic rings. The summed E-state index contributed by atoms with van der Waals surface area (Å²) in [4.78, 5) is 54.8. The standard InChI is InChI=1S/C30H27N5O4/c31-19-13-17-5-1-7-21-25(17)23(15-19)29(38)34(27(21)36)11-3-9-33-10-4-12-35-28(37)22-8-2-6-18-14-20(32)16-24(26(18)22)30(35)39/h1-2,5-8,13-16,33H,3-4,9-12,31-32H2. The molecule has 0 radical (unpaired) electrons. The largest absolute Gasteiger partial charge is 0.399 e. The SMILES string of the molecule is Nc1cc2c3c(cccc3c1)C(=O)N(CCCNCCCN1C(=O)c3cccc4cc(N)cc(c34)C1=O)C2=O. The number of nitrogens with zero attached hydrogens (tertiary/aromatic N) is 2. The third kappa shape index (κ3) is 4.07. The highest BCUT2D eigenvalue weighted by molar-refractivity contribution is 6.26. The van der Waals surface area contributed by atoms with Gasteiger partial charge in [0.05, 0.1) is 11.1 Å². The van der Waals surface area contributed by atoms with E-state index in [4.69, 9.17) is 11.5 Å². The molecule has 0 unspecified atom stereocenters. The van der Waals surface area contributed by atoms with Gasteiger partial charge in [0.15, 0.2) is 0 Å². The number of anilines is 2. The molecule has 9 nitrogen and oxygen atoms in total. The minimum atomic E-state index is -0.339. The molecule has 9 heteroatoms. The number of amides is 4. The van der Waals surface area contributed by atoms with Crippen LogP contribution in [0.4, 0.5) is 11.4 Å². The quantitative estimate of drug-likeness (QED) is 0.183. The van der Waals surface area contributed by atoms with Crippen LogP contribution in [0.3, 0.4) is 0 Å². The van der Waals surface area contributed by atoms with Crippen molar-refractivity contribution in [3.8, 4) is 0 Å². The van der Waals surface area contributed by atoms with E-state index >= 15 is 0 Å². The molecule has 0 saturated carbocycles. The molecule has 196 valence electrons. The molecular weight excluding hydrogens is 494 g/mol. The molecule has 0 bridgehead atoms. The molecule has 0 atom stereocenters. The lowest BCUT2D eigenvalue weighted by Gasteiger charge is -2.28. The second-order valence-electron chi connectivity index (χ2n) is 9.93. The van der Waals surface area contributed by atoms with E-state index in [-0.39, 0.29) is 36.7 Å². The number of benzene rings is 4. The number of nitrogens with one attached hydrogen (secondary N) is 1. The highest BCUT2D eigenvalue weighted by atomic mass is 16.2. The smallest absolute Gasteiger partial charge is 0.261 e. The highest BCUT2D eigenvalue weighted by Crippen LogP contribution is 2.33. The summed E-state index contributed by atoms with van der Waals surface area (Å²) in [6.45, 7) is 1.65. The van der Waals surface area contributed by atoms with E-state index in [1.807, 2.05) is 12.1 Å². The van der Waals surface area contributed by atoms with Crippen LogP contribution in [0.2, 0.25) is 0 Å². The predicted molar refractivity (Wildman–Crippen MR) is 150 cm³/mol. The van der Waals surface area contributed by atoms with E-state index in [0.717, 1.165) is 10.8 Å². The fourth-order valence-electron chi connectivity index (χ4n) is 5.62. The van der Waals surface area contributed by atoms with Crippen LogP contribution in [0.1, 0.15) is 54.3 Å². The maximum atomic E-state index is 13.1. The normalized spacial score (nSPS) is 14.7. The van der Waals surface area contributed by atoms with Crippen molar-refractivity contribution in [2.45, 2.75) is 12.8 Å². The third-order valence-electron chi connectivity index (χ3n) is 7.37. The zero-order chi connectivity index (χ0) is 27.3. The van der Waals surface area contributed by atoms with Crippen molar-refractivity contribution >= 4 is 56.5 Å². The number of hydrogen-bond donors (Lipinski definition) is 3. The molecular formula is C30H27N5O4. The monoisotopic (exact) mass is 521 g/mol. The maximum absolute atomic E-state index is 13.1. The van der Waals surface area contributed by atoms with Crippen LogP contribution in [0.5, 0.6) is 0 Å². The van der Waals surface area contributed by atoms with E-state index in [1.54, 1.807) is 48.5 Å². The molecule has 0 aliphatic carbocycles. The Morgan fingerprint density at radius 3 is 1.41 bits per heavy atom. The second-order valence-corrected chi connectivity index (χ2v) is 9.93. The number of hydrogen-bond acceptors (Lipinski definition) is 7. The Bertz CT molecular complexity index is 1590. The van der Waals surface area contributed by atoms with Gasteiger partial charge in [-0.05, 0) is 73.1 Å². The van der Waals surface area contributed by atoms with Gasteiger partial charge in [-0.3, -0.25) is 29.0 Å². The fraction of sp³-hybridized carbons (Fsp3) is 0.200. The number of imide groups is 2. The van der Waals surface area contributed by atoms with Gasteiger partial charge in [-0.2, -0.15) is 0 Å². The van der Waals surface area contributed by atoms with Gasteiger partial charge in [-0.15, -0.1) is 0 Å². The molecule has 6 rings (SSSR count). The first-order chi connectivity index (χ1) is 18.8. The summed E-state index contributed by atoms with van der Waals surface area (Å²) < 4.78 is 0. The van der Waals surface area contributed by atoms with Crippen molar-refractivity contribution in [2.24, 2.45) is 0 Å². The summed E-state index contributed by atoms with van der Waals surface area (Å²) in [6, 6.07) is 17.5. The predicted octanol–water partition coefficient (Wildman–Crippen LogP) is 3.42. The topological polar surface area (TPSA) is 139 Å². The van der Waals surface area contributed by atoms with E-state index in [1.165, 1.54) is 9.80 Å². The number of rotatable bonds is 8. The first kappa shape index (κ1) is 24.6. The Labute approximate surface area is 224 Å². The molecule has 0 spiro atoms. The highest BCUT2D eigenvalue weighted by Gasteiger charge is 2.34. The van der Waals surface area contributed by atoms with E-state index in [0.29, 0.717) is 70.3 Å². The number of nitrogen functional groups attached to an aromatic ring is 2. The van der Waals surface area contributed by atoms with Gasteiger partial charge < -0.3 is 16.8 Å². The van der Waals surface area contributed by atoms with Crippen LogP contribution in [-0.4, -0.2) is 59.6 Å². The van der Waals surface area contributed by atoms with Crippen molar-refractivity contribution < 1.29 is 19.2 Å². The summed E-state index contributed by atoms with van der Waals surface area (Å²) >= 11 is 0. The molecule has 4 amide bonds. The number of nitrogens with two attached hydrogens (primary N) is 2. The van der Waals surface area contributed by atoms with Crippen molar-refractivity contribution in [2.75, 3.05) is 37.6 Å². The van der Waals surface area contributed by atoms with Crippen LogP contribution in [-0.2, 0) is 0 Å². The first-order valence-electron chi connectivity index (χ1n) is 12.9. The van der Waals surface area contributed by atoms with Gasteiger partial charge in [0, 0.05) is 46.4 Å². The van der Waals surface area contributed by atoms with Crippen molar-refractivity contribution in [1.82, 2.24) is 15.1 Å². The molecule has 4 aromatic rings. The number of carbonyl (C=O) groups is 4. The fourth-order valence-corrected chi connectivity index (χ4v) is 5.62. The lowest BCUT2D eigenvalue weighted by Crippen LogP contribution is -2.42. The van der Waals surface area contributed by atoms with Crippen LogP contribution in [0.15, 0.2) is 60.7 Å². The first-order valence-corrected chi connectivity index (χ1v) is 12.9. The molecule has 2 heterocycles. The lowest BCUT2D eigenvalue weighted by atomic mass is 9.93. The molecule has 0 fully saturated rings. The molecule has 5 N–H and O–H groups in total. The average molecular weight is 522 g/mol. The van der Waals surface area contributed by atoms with E-state index < -0.39 is 0 Å². The van der Waals surface area contributed by atoms with Crippen LogP contribution in [0, 0.1) is 0 Å². The zero-order valence-corrected chi connectivity index (χ0v) is 21.2. The third-order valence-corrected chi connectivity index (χ3v) is 7.37. The Morgan fingerprint density at radius 1 is 0.564 bits per heavy atom. The Kier molecular flexibility index (Phi) is 6.00. The Balaban J connectivity index is 1.03. The minimum absolute atomic E-state index is 0.264. The zero-order valence-electron chi connectivity index (χ0n) is 21.2. The van der Waals surface area contributed by atoms with Crippen LogP contribution < -0.4 is 16.8 Å². The van der Waals surface area contributed by atoms with Gasteiger partial charge in [-0.25, -0.2) is 0 Å². The maximum Gasteiger partial charge on any atom is 0.261 e. The van der Waals surface area contributed by atoms with Gasteiger partial charge in [0.25, 0.3) is 23.6 Å². The summed E-state index contributed by atoms with van der Waals surface area (Å²) in [5.41, 5.74) is 14.8. The van der Waals surface area contributed by atoms with Gasteiger partial charge >= 0.3 is 0 Å². The van der Waals surface area contributed by atoms with Gasteiger partial charge in [-0.1, -0.05) is 24.3 Å². The Hall–Kier alpha value is -4.76. The van der Waals surface area contributed by atoms with Gasteiger partial charge in [0.2, 0.25) is 0 Å². The molecule has 0 saturated heterocycles. The summed E-state index contributed by atoms with van der Waals surface area (Å²) in [7, 11) is 0. The molecule has 39 heavy (non-hydrogen) atoms. The Morgan fingerprint density at radius 2 is 0.974 bits per heavy atom. The summed E-state index contributed by atoms with van der Waals surface area (Å²) in [6.07, 6.45) is 1.11. The van der Waals surface area contributed by atoms with Crippen molar-refractivity contribution in [1.29, 1.82) is 0 Å². The van der Waals surface area contributed by atoms with Crippen molar-refractivity contribution in [3.63, 3.8) is 0 Å². The lowest BCUT2D eigenvalue weighted by molar-refractivity contribution is 0.0596. The van der Waals surface area contributed by atoms with Gasteiger partial charge in [0.1, 0.15) is 0 Å². The minimum Gasteiger partial charge on any atom is -0.399 e. The van der Waals surface area contributed by atoms with E-state index in [9.17, 15) is 19.2 Å². The second kappa shape index (κ2) is 9.52. The van der Waals surface area contributed by atoms with E-state index in [2.05, 4.69) is 5.32 Å². The average Bonchev–Trinajstić information content (AvgIpc) is 2.92. The molecule has 4 aromatic carbocycles. The van der Waals surface area contributed by atoms with Crippen LogP contribution >= 0.6 is 0 Å². The number of carbonyl (C=O) groups excluding carboxylic acids is 4. The van der Waals surface area contributed by atoms with Crippen LogP contribution in [0.25, 0.3) is 21.5 Å². The molecule has 0 aromatic heterocycles. The summed E-state index contributed by atoms with van der Waals surface area (Å²) in [5.74, 6) is -1.29. The van der Waals surface area contributed by atoms with Crippen molar-refractivity contribution in [3.05, 3.63) is 82.9 Å². The molecule has 2 aliphatic heterocycles. The summed E-state index contributed by atoms with van der Waals surface area (Å²) in [5, 5.41) is 6.14.